The average Bonchev–Trinajstić information content (AvgIpc) is 2.48. The number of anilines is 1. The molecular formula is C15H20N2OY4-2. The molecule has 1 aromatic rings. The molecule has 0 aromatic heterocycles. The van der Waals surface area contributed by atoms with Crippen LogP contribution in [0, 0.1) is 23.9 Å². The van der Waals surface area contributed by atoms with E-state index in [-0.39, 0.29) is 148 Å². The van der Waals surface area contributed by atoms with E-state index in [0.717, 1.165) is 0 Å². The first kappa shape index (κ1) is 29.7. The molecule has 7 heteroatoms. The van der Waals surface area contributed by atoms with Crippen LogP contribution in [0.1, 0.15) is 38.1 Å². The Bertz CT molecular complexity index is 459. The number of hydrogen-bond donors (Lipinski definition) is 1. The smallest absolute Gasteiger partial charge is 0.197 e. The zero-order valence-corrected chi connectivity index (χ0v) is 25.1. The van der Waals surface area contributed by atoms with Crippen molar-refractivity contribution in [2.75, 3.05) is 5.73 Å². The quantitative estimate of drug-likeness (QED) is 0.399. The molecule has 1 saturated heterocycles. The Morgan fingerprint density at radius 1 is 0.909 bits per heavy atom. The third-order valence-electron chi connectivity index (χ3n) is 3.98. The van der Waals surface area contributed by atoms with E-state index in [2.05, 4.69) is 27.7 Å². The Balaban J connectivity index is -0.000000902. The van der Waals surface area contributed by atoms with E-state index in [0.29, 0.717) is 11.3 Å². The van der Waals surface area contributed by atoms with Crippen LogP contribution in [0.4, 0.5) is 5.69 Å². The molecule has 1 aromatic carbocycles. The third-order valence-corrected chi connectivity index (χ3v) is 3.98. The SMILES string of the molecule is CC1(C)[CH-]N(C(=O)c2ccc(N)cc2)[CH-]C1(C)C.[Y].[Y].[Y].[Y]. The zero-order chi connectivity index (χ0) is 13.6. The van der Waals surface area contributed by atoms with Crippen molar-refractivity contribution in [1.82, 2.24) is 4.90 Å². The van der Waals surface area contributed by atoms with Crippen LogP contribution in [-0.2, 0) is 131 Å². The summed E-state index contributed by atoms with van der Waals surface area (Å²) in [6, 6.07) is 7.02. The van der Waals surface area contributed by atoms with E-state index >= 15 is 0 Å². The van der Waals surface area contributed by atoms with E-state index in [1.807, 2.05) is 13.1 Å². The Hall–Kier alpha value is 2.91. The molecule has 0 saturated carbocycles. The summed E-state index contributed by atoms with van der Waals surface area (Å²) in [4.78, 5) is 14.1. The fraction of sp³-hybridized carbons (Fsp3) is 0.400. The van der Waals surface area contributed by atoms with Crippen LogP contribution < -0.4 is 5.73 Å². The first-order chi connectivity index (χ1) is 8.23. The second kappa shape index (κ2) is 11.6. The normalized spacial score (nSPS) is 17.2. The standard InChI is InChI=1S/C15H20N2O.4Y/c1-14(2)9-17(10-15(14,3)4)13(18)11-5-7-12(16)8-6-11;;;;/h5-10H,16H2,1-4H3;;;;/q-2;;;;. The van der Waals surface area contributed by atoms with Gasteiger partial charge in [0.25, 0.3) is 0 Å². The second-order valence-corrected chi connectivity index (χ2v) is 6.04. The van der Waals surface area contributed by atoms with Crippen LogP contribution >= 0.6 is 0 Å². The van der Waals surface area contributed by atoms with E-state index < -0.39 is 0 Å². The fourth-order valence-corrected chi connectivity index (χ4v) is 1.96. The summed E-state index contributed by atoms with van der Waals surface area (Å²) in [6.45, 7) is 12.5. The minimum Gasteiger partial charge on any atom is -0.632 e. The summed E-state index contributed by atoms with van der Waals surface area (Å²) in [5.74, 6) is -0.00588. The van der Waals surface area contributed by atoms with Crippen molar-refractivity contribution >= 4 is 11.6 Å². The summed E-state index contributed by atoms with van der Waals surface area (Å²) in [6.07, 6.45) is 0. The van der Waals surface area contributed by atoms with Crippen molar-refractivity contribution in [1.29, 1.82) is 0 Å². The fourth-order valence-electron chi connectivity index (χ4n) is 1.96. The molecule has 2 N–H and O–H groups in total. The molecule has 0 spiro atoms. The summed E-state index contributed by atoms with van der Waals surface area (Å²) in [5.41, 5.74) is 6.89. The van der Waals surface area contributed by atoms with Crippen molar-refractivity contribution in [2.24, 2.45) is 10.8 Å². The number of carbonyl (C=O) groups is 1. The van der Waals surface area contributed by atoms with Crippen molar-refractivity contribution < 1.29 is 136 Å². The predicted molar refractivity (Wildman–Crippen MR) is 73.2 cm³/mol. The minimum atomic E-state index is -0.0313. The van der Waals surface area contributed by atoms with Crippen molar-refractivity contribution in [3.05, 3.63) is 42.9 Å². The van der Waals surface area contributed by atoms with Gasteiger partial charge in [0.1, 0.15) is 0 Å². The number of carbonyl (C=O) groups excluding carboxylic acids is 1. The van der Waals surface area contributed by atoms with Gasteiger partial charge < -0.3 is 10.6 Å². The van der Waals surface area contributed by atoms with Crippen LogP contribution in [0.15, 0.2) is 24.3 Å². The van der Waals surface area contributed by atoms with Crippen LogP contribution in [0.3, 0.4) is 0 Å². The Kier molecular flexibility index (Phi) is 15.6. The summed E-state index contributed by atoms with van der Waals surface area (Å²) in [5, 5.41) is 0. The molecule has 1 amide bonds. The van der Waals surface area contributed by atoms with Gasteiger partial charge in [-0.15, -0.1) is 0 Å². The van der Waals surface area contributed by atoms with Gasteiger partial charge in [-0.3, -0.25) is 17.9 Å². The molecule has 0 atom stereocenters. The van der Waals surface area contributed by atoms with Gasteiger partial charge in [-0.05, 0) is 24.3 Å². The van der Waals surface area contributed by atoms with E-state index in [1.165, 1.54) is 0 Å². The molecule has 2 rings (SSSR count). The maximum absolute atomic E-state index is 12.4. The van der Waals surface area contributed by atoms with Crippen molar-refractivity contribution in [2.45, 2.75) is 27.7 Å². The molecule has 110 valence electrons. The topological polar surface area (TPSA) is 46.3 Å². The van der Waals surface area contributed by atoms with Gasteiger partial charge in [0.05, 0.1) is 0 Å². The molecule has 1 fully saturated rings. The van der Waals surface area contributed by atoms with Crippen molar-refractivity contribution in [3.63, 3.8) is 0 Å². The third kappa shape index (κ3) is 6.90. The monoisotopic (exact) mass is 600 g/mol. The Labute approximate surface area is 235 Å². The van der Waals surface area contributed by atoms with E-state index in [9.17, 15) is 4.79 Å². The van der Waals surface area contributed by atoms with Gasteiger partial charge in [-0.1, -0.05) is 27.7 Å². The van der Waals surface area contributed by atoms with E-state index in [1.54, 1.807) is 29.2 Å². The first-order valence-corrected chi connectivity index (χ1v) is 6.13. The number of nitrogens with two attached hydrogens (primary N) is 1. The van der Waals surface area contributed by atoms with Gasteiger partial charge in [-0.25, -0.2) is 0 Å². The van der Waals surface area contributed by atoms with Crippen LogP contribution in [0.5, 0.6) is 0 Å². The zero-order valence-electron chi connectivity index (χ0n) is 13.7. The number of nitrogens with zero attached hydrogens (tertiary/aromatic N) is 1. The van der Waals surface area contributed by atoms with E-state index in [4.69, 9.17) is 5.73 Å². The molecule has 0 unspecified atom stereocenters. The van der Waals surface area contributed by atoms with Gasteiger partial charge in [0, 0.05) is 142 Å². The van der Waals surface area contributed by atoms with Crippen LogP contribution in [-0.4, -0.2) is 10.8 Å². The molecule has 1 aliphatic rings. The van der Waals surface area contributed by atoms with Crippen molar-refractivity contribution in [3.8, 4) is 0 Å². The maximum atomic E-state index is 12.4. The Morgan fingerprint density at radius 2 is 1.27 bits per heavy atom. The molecule has 0 bridgehead atoms. The number of benzene rings is 1. The molecule has 22 heavy (non-hydrogen) atoms. The molecule has 1 heterocycles. The number of likely N-dealkylation sites (tertiary alicyclic amines) is 1. The van der Waals surface area contributed by atoms with Gasteiger partial charge in [0.15, 0.2) is 5.91 Å². The molecule has 1 aliphatic heterocycles. The minimum absolute atomic E-state index is 0. The number of nitrogen functional groups attached to an aromatic ring is 1. The summed E-state index contributed by atoms with van der Waals surface area (Å²) >= 11 is 0. The second-order valence-electron chi connectivity index (χ2n) is 6.04. The Morgan fingerprint density at radius 3 is 1.64 bits per heavy atom. The number of amides is 1. The molecule has 0 aliphatic carbocycles. The molecular weight excluding hydrogens is 580 g/mol. The van der Waals surface area contributed by atoms with Gasteiger partial charge in [0.2, 0.25) is 0 Å². The number of hydrogen-bond acceptors (Lipinski definition) is 2. The predicted octanol–water partition coefficient (Wildman–Crippen LogP) is 3.09. The molecule has 3 nitrogen and oxygen atoms in total. The first-order valence-electron chi connectivity index (χ1n) is 6.13. The maximum Gasteiger partial charge on any atom is 0.197 e. The van der Waals surface area contributed by atoms with Gasteiger partial charge in [-0.2, -0.15) is 10.8 Å². The summed E-state index contributed by atoms with van der Waals surface area (Å²) < 4.78 is 0. The largest absolute Gasteiger partial charge is 0.632 e. The van der Waals surface area contributed by atoms with Crippen LogP contribution in [0.2, 0.25) is 0 Å². The van der Waals surface area contributed by atoms with Gasteiger partial charge >= 0.3 is 0 Å². The van der Waals surface area contributed by atoms with Crippen LogP contribution in [0.25, 0.3) is 0 Å². The molecule has 4 radical (unpaired) electrons. The average molecular weight is 600 g/mol. The number of rotatable bonds is 1. The summed E-state index contributed by atoms with van der Waals surface area (Å²) in [7, 11) is 0.